The number of aliphatic carboxylic acids is 1. The van der Waals surface area contributed by atoms with Crippen molar-refractivity contribution >= 4 is 22.6 Å². The minimum Gasteiger partial charge on any atom is -0.480 e. The molecule has 0 spiro atoms. The van der Waals surface area contributed by atoms with E-state index in [1.807, 2.05) is 0 Å². The SMILES string of the molecule is O=C(O)Cn1ncc2c(=O)n(CCn3nc4ccccn4c3=O)cnc21. The Labute approximate surface area is 144 Å². The van der Waals surface area contributed by atoms with Crippen molar-refractivity contribution in [3.05, 3.63) is 57.8 Å². The van der Waals surface area contributed by atoms with Gasteiger partial charge in [0.25, 0.3) is 5.56 Å². The minimum absolute atomic E-state index is 0.190. The van der Waals surface area contributed by atoms with Crippen molar-refractivity contribution in [3.63, 3.8) is 0 Å². The molecule has 0 fully saturated rings. The van der Waals surface area contributed by atoms with Crippen molar-refractivity contribution in [1.29, 1.82) is 0 Å². The maximum absolute atomic E-state index is 12.5. The first-order valence-corrected chi connectivity index (χ1v) is 7.71. The summed E-state index contributed by atoms with van der Waals surface area (Å²) < 4.78 is 5.18. The molecule has 1 N–H and O–H groups in total. The van der Waals surface area contributed by atoms with E-state index in [9.17, 15) is 14.4 Å². The van der Waals surface area contributed by atoms with Gasteiger partial charge in [-0.05, 0) is 12.1 Å². The summed E-state index contributed by atoms with van der Waals surface area (Å²) in [5.41, 5.74) is 0.0762. The third-order valence-corrected chi connectivity index (χ3v) is 3.95. The van der Waals surface area contributed by atoms with Gasteiger partial charge in [0, 0.05) is 12.7 Å². The largest absolute Gasteiger partial charge is 0.480 e. The highest BCUT2D eigenvalue weighted by Gasteiger charge is 2.13. The number of hydrogen-bond donors (Lipinski definition) is 1. The Morgan fingerprint density at radius 1 is 1.15 bits per heavy atom. The summed E-state index contributed by atoms with van der Waals surface area (Å²) in [5, 5.41) is 17.2. The molecule has 11 heteroatoms. The second kappa shape index (κ2) is 5.95. The summed E-state index contributed by atoms with van der Waals surface area (Å²) in [5.74, 6) is -1.08. The second-order valence-electron chi connectivity index (χ2n) is 5.61. The molecule has 0 aromatic carbocycles. The van der Waals surface area contributed by atoms with Crippen LogP contribution in [0.2, 0.25) is 0 Å². The Morgan fingerprint density at radius 2 is 2.00 bits per heavy atom. The zero-order valence-corrected chi connectivity index (χ0v) is 13.4. The molecular formula is C15H13N7O4. The molecule has 4 rings (SSSR count). The van der Waals surface area contributed by atoms with E-state index in [2.05, 4.69) is 15.2 Å². The van der Waals surface area contributed by atoms with Gasteiger partial charge in [0.2, 0.25) is 0 Å². The standard InChI is InChI=1S/C15H13N7O4/c23-12(24)8-22-13-10(7-17-22)14(25)19(9-16-13)5-6-21-15(26)20-4-2-1-3-11(20)18-21/h1-4,7,9H,5-6,8H2,(H,23,24). The predicted octanol–water partition coefficient (Wildman–Crippen LogP) is -0.813. The molecule has 4 aromatic rings. The number of pyridine rings is 1. The molecule has 0 saturated heterocycles. The number of hydrogen-bond acceptors (Lipinski definition) is 6. The number of carboxylic acid groups (broad SMARTS) is 1. The average Bonchev–Trinajstić information content (AvgIpc) is 3.16. The van der Waals surface area contributed by atoms with Crippen LogP contribution >= 0.6 is 0 Å². The van der Waals surface area contributed by atoms with Gasteiger partial charge in [-0.2, -0.15) is 5.10 Å². The summed E-state index contributed by atoms with van der Waals surface area (Å²) in [6, 6.07) is 5.23. The smallest absolute Gasteiger partial charge is 0.350 e. The summed E-state index contributed by atoms with van der Waals surface area (Å²) in [6.07, 6.45) is 4.23. The first-order chi connectivity index (χ1) is 12.5. The molecule has 0 aliphatic rings. The van der Waals surface area contributed by atoms with Gasteiger partial charge in [-0.15, -0.1) is 5.10 Å². The highest BCUT2D eigenvalue weighted by Crippen LogP contribution is 2.05. The highest BCUT2D eigenvalue weighted by atomic mass is 16.4. The number of aryl methyl sites for hydroxylation is 2. The van der Waals surface area contributed by atoms with Crippen molar-refractivity contribution < 1.29 is 9.90 Å². The van der Waals surface area contributed by atoms with Crippen LogP contribution in [0, 0.1) is 0 Å². The molecule has 4 aromatic heterocycles. The van der Waals surface area contributed by atoms with E-state index < -0.39 is 5.97 Å². The minimum atomic E-state index is -1.08. The lowest BCUT2D eigenvalue weighted by molar-refractivity contribution is -0.137. The Hall–Kier alpha value is -3.76. The van der Waals surface area contributed by atoms with Crippen molar-refractivity contribution in [2.24, 2.45) is 0 Å². The zero-order valence-electron chi connectivity index (χ0n) is 13.4. The first-order valence-electron chi connectivity index (χ1n) is 7.71. The fraction of sp³-hybridized carbons (Fsp3) is 0.200. The molecule has 0 unspecified atom stereocenters. The quantitative estimate of drug-likeness (QED) is 0.495. The van der Waals surface area contributed by atoms with Gasteiger partial charge in [0.15, 0.2) is 11.3 Å². The number of fused-ring (bicyclic) bond motifs is 2. The van der Waals surface area contributed by atoms with Crippen LogP contribution < -0.4 is 11.2 Å². The maximum Gasteiger partial charge on any atom is 0.350 e. The van der Waals surface area contributed by atoms with E-state index in [1.54, 1.807) is 24.4 Å². The predicted molar refractivity (Wildman–Crippen MR) is 88.9 cm³/mol. The van der Waals surface area contributed by atoms with E-state index in [4.69, 9.17) is 5.11 Å². The van der Waals surface area contributed by atoms with E-state index in [1.165, 1.54) is 26.2 Å². The molecule has 4 heterocycles. The third kappa shape index (κ3) is 2.55. The Balaban J connectivity index is 1.64. The molecule has 0 saturated carbocycles. The van der Waals surface area contributed by atoms with Gasteiger partial charge in [0.05, 0.1) is 12.7 Å². The van der Waals surface area contributed by atoms with Gasteiger partial charge < -0.3 is 5.11 Å². The molecule has 11 nitrogen and oxygen atoms in total. The van der Waals surface area contributed by atoms with Crippen LogP contribution in [0.3, 0.4) is 0 Å². The lowest BCUT2D eigenvalue weighted by Crippen LogP contribution is -2.27. The van der Waals surface area contributed by atoms with Crippen LogP contribution in [0.1, 0.15) is 0 Å². The van der Waals surface area contributed by atoms with Gasteiger partial charge in [-0.25, -0.2) is 19.1 Å². The summed E-state index contributed by atoms with van der Waals surface area (Å²) in [7, 11) is 0. The fourth-order valence-electron chi connectivity index (χ4n) is 2.72. The van der Waals surface area contributed by atoms with E-state index in [-0.39, 0.29) is 41.9 Å². The molecule has 0 atom stereocenters. The lowest BCUT2D eigenvalue weighted by Gasteiger charge is -2.05. The lowest BCUT2D eigenvalue weighted by atomic mass is 10.4. The van der Waals surface area contributed by atoms with Gasteiger partial charge in [-0.1, -0.05) is 6.07 Å². The van der Waals surface area contributed by atoms with Gasteiger partial charge in [-0.3, -0.25) is 18.6 Å². The van der Waals surface area contributed by atoms with Crippen molar-refractivity contribution in [2.75, 3.05) is 0 Å². The monoisotopic (exact) mass is 355 g/mol. The van der Waals surface area contributed by atoms with Crippen molar-refractivity contribution in [3.8, 4) is 0 Å². The topological polar surface area (TPSA) is 129 Å². The summed E-state index contributed by atoms with van der Waals surface area (Å²) in [4.78, 5) is 39.7. The Morgan fingerprint density at radius 3 is 2.77 bits per heavy atom. The first kappa shape index (κ1) is 15.7. The maximum atomic E-state index is 12.5. The van der Waals surface area contributed by atoms with Crippen molar-refractivity contribution in [1.82, 2.24) is 33.5 Å². The van der Waals surface area contributed by atoms with Crippen LogP contribution in [0.15, 0.2) is 46.5 Å². The highest BCUT2D eigenvalue weighted by molar-refractivity contribution is 5.75. The average molecular weight is 355 g/mol. The van der Waals surface area contributed by atoms with E-state index >= 15 is 0 Å². The number of carbonyl (C=O) groups is 1. The van der Waals surface area contributed by atoms with E-state index in [0.717, 1.165) is 4.68 Å². The number of aromatic nitrogens is 7. The fourth-order valence-corrected chi connectivity index (χ4v) is 2.72. The Kier molecular flexibility index (Phi) is 3.60. The number of nitrogens with zero attached hydrogens (tertiary/aromatic N) is 7. The molecule has 0 bridgehead atoms. The van der Waals surface area contributed by atoms with E-state index in [0.29, 0.717) is 5.65 Å². The molecule has 132 valence electrons. The number of rotatable bonds is 5. The van der Waals surface area contributed by atoms with Crippen LogP contribution in [0.4, 0.5) is 0 Å². The molecule has 26 heavy (non-hydrogen) atoms. The van der Waals surface area contributed by atoms with Gasteiger partial charge >= 0.3 is 11.7 Å². The van der Waals surface area contributed by atoms with Crippen LogP contribution in [-0.2, 0) is 24.4 Å². The molecular weight excluding hydrogens is 342 g/mol. The Bertz CT molecular complexity index is 1250. The summed E-state index contributed by atoms with van der Waals surface area (Å²) >= 11 is 0. The third-order valence-electron chi connectivity index (χ3n) is 3.95. The second-order valence-corrected chi connectivity index (χ2v) is 5.61. The van der Waals surface area contributed by atoms with Crippen LogP contribution in [0.25, 0.3) is 16.7 Å². The normalized spacial score (nSPS) is 11.4. The van der Waals surface area contributed by atoms with Crippen LogP contribution in [-0.4, -0.2) is 44.6 Å². The molecule has 0 aliphatic heterocycles. The molecule has 0 aliphatic carbocycles. The van der Waals surface area contributed by atoms with Gasteiger partial charge in [0.1, 0.15) is 18.3 Å². The molecule has 0 amide bonds. The summed E-state index contributed by atoms with van der Waals surface area (Å²) in [6.45, 7) is 0.00311. The van der Waals surface area contributed by atoms with Crippen LogP contribution in [0.5, 0.6) is 0 Å². The number of carboxylic acids is 1. The zero-order chi connectivity index (χ0) is 18.3. The molecule has 0 radical (unpaired) electrons. The van der Waals surface area contributed by atoms with Crippen molar-refractivity contribution in [2.45, 2.75) is 19.6 Å².